The predicted octanol–water partition coefficient (Wildman–Crippen LogP) is 2.85. The summed E-state index contributed by atoms with van der Waals surface area (Å²) in [5.74, 6) is -0.0326. The van der Waals surface area contributed by atoms with Crippen molar-refractivity contribution in [3.63, 3.8) is 0 Å². The third-order valence-electron chi connectivity index (χ3n) is 4.08. The minimum atomic E-state index is -0.213. The largest absolute Gasteiger partial charge is 0.354 e. The molecule has 27 heavy (non-hydrogen) atoms. The Kier molecular flexibility index (Phi) is 6.13. The number of nitrogens with zero attached hydrogens (tertiary/aromatic N) is 3. The Morgan fingerprint density at radius 3 is 2.74 bits per heavy atom. The van der Waals surface area contributed by atoms with E-state index < -0.39 is 0 Å². The molecule has 140 valence electrons. The van der Waals surface area contributed by atoms with E-state index in [1.807, 2.05) is 49.6 Å². The van der Waals surface area contributed by atoms with E-state index in [0.717, 1.165) is 22.0 Å². The van der Waals surface area contributed by atoms with E-state index in [0.29, 0.717) is 13.0 Å². The van der Waals surface area contributed by atoms with E-state index in [9.17, 15) is 9.59 Å². The first kappa shape index (κ1) is 19.0. The summed E-state index contributed by atoms with van der Waals surface area (Å²) in [5.41, 5.74) is 2.55. The standard InChI is InChI=1S/C20H22N4O2S/c1-14(2)17-10-19(26)24(13-22-17)11-18(25)21-9-8-16-12-27-20(23-16)15-6-4-3-5-7-15/h3-7,10,12-14H,8-9,11H2,1-2H3,(H,21,25). The summed E-state index contributed by atoms with van der Waals surface area (Å²) in [6.45, 7) is 4.39. The van der Waals surface area contributed by atoms with Crippen LogP contribution in [0, 0.1) is 0 Å². The van der Waals surface area contributed by atoms with Gasteiger partial charge in [-0.2, -0.15) is 0 Å². The third kappa shape index (κ3) is 5.10. The molecule has 0 saturated heterocycles. The highest BCUT2D eigenvalue weighted by Gasteiger charge is 2.08. The lowest BCUT2D eigenvalue weighted by Gasteiger charge is -2.08. The number of aromatic nitrogens is 3. The highest BCUT2D eigenvalue weighted by molar-refractivity contribution is 7.13. The van der Waals surface area contributed by atoms with E-state index in [1.54, 1.807) is 11.3 Å². The number of benzene rings is 1. The third-order valence-corrected chi connectivity index (χ3v) is 5.02. The maximum atomic E-state index is 12.1. The van der Waals surface area contributed by atoms with E-state index in [2.05, 4.69) is 15.3 Å². The molecule has 2 heterocycles. The SMILES string of the molecule is CC(C)c1cc(=O)n(CC(=O)NCCc2csc(-c3ccccc3)n2)cn1. The van der Waals surface area contributed by atoms with Crippen molar-refractivity contribution in [1.82, 2.24) is 19.9 Å². The fourth-order valence-electron chi connectivity index (χ4n) is 2.55. The summed E-state index contributed by atoms with van der Waals surface area (Å²) in [4.78, 5) is 33.0. The first-order chi connectivity index (χ1) is 13.0. The average molecular weight is 382 g/mol. The Balaban J connectivity index is 1.50. The Morgan fingerprint density at radius 2 is 2.04 bits per heavy atom. The van der Waals surface area contributed by atoms with Crippen molar-refractivity contribution >= 4 is 17.2 Å². The number of amides is 1. The van der Waals surface area contributed by atoms with Gasteiger partial charge in [0.2, 0.25) is 5.91 Å². The van der Waals surface area contributed by atoms with E-state index in [-0.39, 0.29) is 23.9 Å². The molecule has 3 aromatic rings. The number of carbonyl (C=O) groups excluding carboxylic acids is 1. The van der Waals surface area contributed by atoms with Crippen LogP contribution < -0.4 is 10.9 Å². The van der Waals surface area contributed by atoms with Crippen LogP contribution in [0.4, 0.5) is 0 Å². The van der Waals surface area contributed by atoms with Crippen LogP contribution in [0.15, 0.2) is 52.9 Å². The summed E-state index contributed by atoms with van der Waals surface area (Å²) in [5, 5.41) is 5.81. The molecule has 6 nitrogen and oxygen atoms in total. The second-order valence-electron chi connectivity index (χ2n) is 6.54. The molecular formula is C20H22N4O2S. The Hall–Kier alpha value is -2.80. The van der Waals surface area contributed by atoms with Gasteiger partial charge >= 0.3 is 0 Å². The van der Waals surface area contributed by atoms with Crippen molar-refractivity contribution in [1.29, 1.82) is 0 Å². The van der Waals surface area contributed by atoms with Gasteiger partial charge in [-0.15, -0.1) is 11.3 Å². The monoisotopic (exact) mass is 382 g/mol. The van der Waals surface area contributed by atoms with Gasteiger partial charge in [0, 0.05) is 30.0 Å². The molecular weight excluding hydrogens is 360 g/mol. The highest BCUT2D eigenvalue weighted by atomic mass is 32.1. The second kappa shape index (κ2) is 8.73. The van der Waals surface area contributed by atoms with E-state index in [4.69, 9.17) is 0 Å². The van der Waals surface area contributed by atoms with Crippen LogP contribution in [-0.4, -0.2) is 27.0 Å². The molecule has 0 atom stereocenters. The maximum Gasteiger partial charge on any atom is 0.254 e. The first-order valence-corrected chi connectivity index (χ1v) is 9.74. The van der Waals surface area contributed by atoms with Crippen LogP contribution in [-0.2, 0) is 17.8 Å². The lowest BCUT2D eigenvalue weighted by atomic mass is 10.1. The molecule has 1 N–H and O–H groups in total. The van der Waals surface area contributed by atoms with Crippen molar-refractivity contribution in [2.45, 2.75) is 32.7 Å². The normalized spacial score (nSPS) is 10.9. The Morgan fingerprint density at radius 1 is 1.26 bits per heavy atom. The molecule has 0 saturated carbocycles. The topological polar surface area (TPSA) is 76.9 Å². The molecule has 2 aromatic heterocycles. The van der Waals surface area contributed by atoms with Gasteiger partial charge in [-0.05, 0) is 5.92 Å². The van der Waals surface area contributed by atoms with Crippen LogP contribution in [0.25, 0.3) is 10.6 Å². The van der Waals surface area contributed by atoms with Crippen molar-refractivity contribution in [3.05, 3.63) is 69.8 Å². The van der Waals surface area contributed by atoms with Crippen LogP contribution in [0.5, 0.6) is 0 Å². The highest BCUT2D eigenvalue weighted by Crippen LogP contribution is 2.23. The summed E-state index contributed by atoms with van der Waals surface area (Å²) in [7, 11) is 0. The van der Waals surface area contributed by atoms with E-state index in [1.165, 1.54) is 17.0 Å². The minimum Gasteiger partial charge on any atom is -0.354 e. The number of rotatable bonds is 7. The molecule has 1 amide bonds. The molecule has 0 bridgehead atoms. The number of hydrogen-bond donors (Lipinski definition) is 1. The van der Waals surface area contributed by atoms with Crippen LogP contribution in [0.1, 0.15) is 31.2 Å². The lowest BCUT2D eigenvalue weighted by molar-refractivity contribution is -0.121. The molecule has 0 unspecified atom stereocenters. The Bertz CT molecular complexity index is 963. The van der Waals surface area contributed by atoms with Gasteiger partial charge in [-0.25, -0.2) is 9.97 Å². The van der Waals surface area contributed by atoms with Crippen molar-refractivity contribution in [3.8, 4) is 10.6 Å². The molecule has 3 rings (SSSR count). The van der Waals surface area contributed by atoms with Crippen molar-refractivity contribution < 1.29 is 4.79 Å². The van der Waals surface area contributed by atoms with Crippen LogP contribution in [0.2, 0.25) is 0 Å². The molecule has 1 aromatic carbocycles. The summed E-state index contributed by atoms with van der Waals surface area (Å²) >= 11 is 1.59. The van der Waals surface area contributed by atoms with Crippen LogP contribution >= 0.6 is 11.3 Å². The summed E-state index contributed by atoms with van der Waals surface area (Å²) in [6.07, 6.45) is 2.08. The molecule has 0 aliphatic heterocycles. The molecule has 0 spiro atoms. The lowest BCUT2D eigenvalue weighted by Crippen LogP contribution is -2.33. The van der Waals surface area contributed by atoms with Crippen LogP contribution in [0.3, 0.4) is 0 Å². The number of nitrogens with one attached hydrogen (secondary N) is 1. The maximum absolute atomic E-state index is 12.1. The van der Waals surface area contributed by atoms with Gasteiger partial charge in [-0.3, -0.25) is 14.2 Å². The molecule has 0 aliphatic carbocycles. The minimum absolute atomic E-state index is 0.0312. The fourth-order valence-corrected chi connectivity index (χ4v) is 3.41. The van der Waals surface area contributed by atoms with Crippen molar-refractivity contribution in [2.24, 2.45) is 0 Å². The number of thiazole rings is 1. The zero-order valence-corrected chi connectivity index (χ0v) is 16.2. The van der Waals surface area contributed by atoms with Gasteiger partial charge in [0.05, 0.1) is 17.7 Å². The zero-order chi connectivity index (χ0) is 19.2. The first-order valence-electron chi connectivity index (χ1n) is 8.86. The quantitative estimate of drug-likeness (QED) is 0.682. The van der Waals surface area contributed by atoms with E-state index >= 15 is 0 Å². The zero-order valence-electron chi connectivity index (χ0n) is 15.4. The average Bonchev–Trinajstić information content (AvgIpc) is 3.13. The molecule has 0 radical (unpaired) electrons. The van der Waals surface area contributed by atoms with Gasteiger partial charge in [0.15, 0.2) is 0 Å². The summed E-state index contributed by atoms with van der Waals surface area (Å²) < 4.78 is 1.32. The molecule has 7 heteroatoms. The smallest absolute Gasteiger partial charge is 0.254 e. The molecule has 0 aliphatic rings. The Labute approximate surface area is 161 Å². The van der Waals surface area contributed by atoms with Gasteiger partial charge < -0.3 is 5.32 Å². The number of hydrogen-bond acceptors (Lipinski definition) is 5. The van der Waals surface area contributed by atoms with Crippen molar-refractivity contribution in [2.75, 3.05) is 6.54 Å². The summed E-state index contributed by atoms with van der Waals surface area (Å²) in [6, 6.07) is 11.5. The fraction of sp³-hybridized carbons (Fsp3) is 0.300. The van der Waals surface area contributed by atoms with Gasteiger partial charge in [-0.1, -0.05) is 44.2 Å². The second-order valence-corrected chi connectivity index (χ2v) is 7.40. The molecule has 0 fully saturated rings. The number of carbonyl (C=O) groups is 1. The van der Waals surface area contributed by atoms with Gasteiger partial charge in [0.1, 0.15) is 11.6 Å². The van der Waals surface area contributed by atoms with Gasteiger partial charge in [0.25, 0.3) is 5.56 Å². The predicted molar refractivity (Wildman–Crippen MR) is 107 cm³/mol.